The number of sulfonamides is 1. The Morgan fingerprint density at radius 1 is 1.00 bits per heavy atom. The van der Waals surface area contributed by atoms with Gasteiger partial charge in [-0.3, -0.25) is 4.72 Å². The number of anilines is 1. The summed E-state index contributed by atoms with van der Waals surface area (Å²) in [5.74, 6) is -2.00. The fourth-order valence-corrected chi connectivity index (χ4v) is 2.77. The third-order valence-electron chi connectivity index (χ3n) is 2.56. The van der Waals surface area contributed by atoms with Crippen molar-refractivity contribution < 1.29 is 17.2 Å². The quantitative estimate of drug-likeness (QED) is 0.877. The number of rotatable bonds is 4. The van der Waals surface area contributed by atoms with E-state index in [0.717, 1.165) is 17.7 Å². The van der Waals surface area contributed by atoms with Crippen molar-refractivity contribution in [3.05, 3.63) is 59.7 Å². The maximum atomic E-state index is 13.1. The molecule has 0 unspecified atom stereocenters. The number of nitrogens with one attached hydrogen (secondary N) is 1. The van der Waals surface area contributed by atoms with E-state index in [9.17, 15) is 17.2 Å². The number of hydrogen-bond donors (Lipinski definition) is 1. The smallest absolute Gasteiger partial charge is 0.261 e. The molecule has 0 atom stereocenters. The van der Waals surface area contributed by atoms with Gasteiger partial charge < -0.3 is 0 Å². The predicted octanol–water partition coefficient (Wildman–Crippen LogP) is 3.50. The zero-order chi connectivity index (χ0) is 14.8. The minimum atomic E-state index is -3.96. The first-order chi connectivity index (χ1) is 9.42. The molecular weight excluding hydrogens is 308 g/mol. The molecule has 0 aliphatic rings. The van der Waals surface area contributed by atoms with Crippen molar-refractivity contribution in [3.63, 3.8) is 0 Å². The predicted molar refractivity (Wildman–Crippen MR) is 73.2 cm³/mol. The van der Waals surface area contributed by atoms with Crippen LogP contribution in [-0.2, 0) is 15.9 Å². The molecule has 0 aliphatic heterocycles. The monoisotopic (exact) mass is 317 g/mol. The van der Waals surface area contributed by atoms with Crippen molar-refractivity contribution >= 4 is 27.3 Å². The molecule has 1 N–H and O–H groups in total. The van der Waals surface area contributed by atoms with E-state index in [1.807, 2.05) is 0 Å². The lowest BCUT2D eigenvalue weighted by Crippen LogP contribution is -2.13. The van der Waals surface area contributed by atoms with Crippen LogP contribution in [0.1, 0.15) is 5.56 Å². The summed E-state index contributed by atoms with van der Waals surface area (Å²) in [5, 5.41) is 0. The summed E-state index contributed by atoms with van der Waals surface area (Å²) in [4.78, 5) is -0.349. The second kappa shape index (κ2) is 5.76. The molecule has 2 rings (SSSR count). The lowest BCUT2D eigenvalue weighted by Gasteiger charge is -2.08. The Bertz CT molecular complexity index is 718. The molecule has 0 amide bonds. The van der Waals surface area contributed by atoms with Gasteiger partial charge in [0.15, 0.2) is 11.6 Å². The number of benzene rings is 2. The van der Waals surface area contributed by atoms with Crippen molar-refractivity contribution in [1.29, 1.82) is 0 Å². The van der Waals surface area contributed by atoms with Crippen LogP contribution in [0.3, 0.4) is 0 Å². The summed E-state index contributed by atoms with van der Waals surface area (Å²) < 4.78 is 52.1. The largest absolute Gasteiger partial charge is 0.280 e. The first-order valence-corrected chi connectivity index (χ1v) is 7.57. The molecular formula is C13H10ClF2NO2S. The average Bonchev–Trinajstić information content (AvgIpc) is 2.42. The van der Waals surface area contributed by atoms with Crippen molar-refractivity contribution in [2.24, 2.45) is 0 Å². The van der Waals surface area contributed by atoms with Gasteiger partial charge in [0.2, 0.25) is 0 Å². The van der Waals surface area contributed by atoms with Crippen LogP contribution in [0.2, 0.25) is 0 Å². The highest BCUT2D eigenvalue weighted by molar-refractivity contribution is 7.92. The molecule has 0 bridgehead atoms. The first-order valence-electron chi connectivity index (χ1n) is 5.55. The van der Waals surface area contributed by atoms with Crippen LogP contribution in [0, 0.1) is 11.6 Å². The Kier molecular flexibility index (Phi) is 4.25. The molecule has 3 nitrogen and oxygen atoms in total. The molecule has 0 aromatic heterocycles. The van der Waals surface area contributed by atoms with Gasteiger partial charge >= 0.3 is 0 Å². The van der Waals surface area contributed by atoms with Crippen LogP contribution in [0.5, 0.6) is 0 Å². The van der Waals surface area contributed by atoms with Gasteiger partial charge in [-0.15, -0.1) is 11.6 Å². The molecule has 2 aromatic carbocycles. The number of hydrogen-bond acceptors (Lipinski definition) is 2. The van der Waals surface area contributed by atoms with Crippen LogP contribution in [0.4, 0.5) is 14.5 Å². The lowest BCUT2D eigenvalue weighted by molar-refractivity contribution is 0.504. The van der Waals surface area contributed by atoms with Gasteiger partial charge in [0.05, 0.1) is 4.90 Å². The standard InChI is InChI=1S/C13H10ClF2NO2S/c14-8-9-1-3-10(4-2-9)17-20(18,19)11-5-6-12(15)13(16)7-11/h1-7,17H,8H2. The summed E-state index contributed by atoms with van der Waals surface area (Å²) >= 11 is 5.62. The van der Waals surface area contributed by atoms with Crippen LogP contribution < -0.4 is 4.72 Å². The Hall–Kier alpha value is -1.66. The molecule has 0 saturated heterocycles. The highest BCUT2D eigenvalue weighted by atomic mass is 35.5. The third kappa shape index (κ3) is 3.26. The van der Waals surface area contributed by atoms with E-state index < -0.39 is 21.7 Å². The normalized spacial score (nSPS) is 11.3. The molecule has 0 radical (unpaired) electrons. The number of alkyl halides is 1. The molecule has 0 aliphatic carbocycles. The van der Waals surface area contributed by atoms with Crippen LogP contribution in [0.25, 0.3) is 0 Å². The van der Waals surface area contributed by atoms with Crippen molar-refractivity contribution in [2.45, 2.75) is 10.8 Å². The van der Waals surface area contributed by atoms with Crippen molar-refractivity contribution in [3.8, 4) is 0 Å². The van der Waals surface area contributed by atoms with Crippen LogP contribution >= 0.6 is 11.6 Å². The summed E-state index contributed by atoms with van der Waals surface area (Å²) in [6.07, 6.45) is 0. The summed E-state index contributed by atoms with van der Waals surface area (Å²) in [6.45, 7) is 0. The molecule has 0 fully saturated rings. The van der Waals surface area contributed by atoms with Crippen molar-refractivity contribution in [1.82, 2.24) is 0 Å². The van der Waals surface area contributed by atoms with Crippen LogP contribution in [-0.4, -0.2) is 8.42 Å². The first kappa shape index (κ1) is 14.7. The van der Waals surface area contributed by atoms with E-state index in [4.69, 9.17) is 11.6 Å². The molecule has 0 spiro atoms. The lowest BCUT2D eigenvalue weighted by atomic mass is 10.2. The minimum absolute atomic E-state index is 0.309. The summed E-state index contributed by atoms with van der Waals surface area (Å²) in [5.41, 5.74) is 1.14. The van der Waals surface area contributed by atoms with Crippen LogP contribution in [0.15, 0.2) is 47.4 Å². The molecule has 0 saturated carbocycles. The maximum Gasteiger partial charge on any atom is 0.261 e. The van der Waals surface area contributed by atoms with Gasteiger partial charge in [0, 0.05) is 11.6 Å². The zero-order valence-electron chi connectivity index (χ0n) is 10.1. The van der Waals surface area contributed by atoms with Gasteiger partial charge in [0.1, 0.15) is 0 Å². The van der Waals surface area contributed by atoms with E-state index in [1.165, 1.54) is 12.1 Å². The van der Waals surface area contributed by atoms with E-state index in [2.05, 4.69) is 4.72 Å². The third-order valence-corrected chi connectivity index (χ3v) is 4.25. The molecule has 0 heterocycles. The number of halogens is 3. The SMILES string of the molecule is O=S(=O)(Nc1ccc(CCl)cc1)c1ccc(F)c(F)c1. The van der Waals surface area contributed by atoms with E-state index in [1.54, 1.807) is 12.1 Å². The fraction of sp³-hybridized carbons (Fsp3) is 0.0769. The maximum absolute atomic E-state index is 13.1. The van der Waals surface area contributed by atoms with E-state index >= 15 is 0 Å². The molecule has 2 aromatic rings. The Labute approximate surface area is 120 Å². The van der Waals surface area contributed by atoms with Gasteiger partial charge in [-0.05, 0) is 35.9 Å². The minimum Gasteiger partial charge on any atom is -0.280 e. The fourth-order valence-electron chi connectivity index (χ4n) is 1.52. The van der Waals surface area contributed by atoms with E-state index in [0.29, 0.717) is 17.6 Å². The molecule has 7 heteroatoms. The van der Waals surface area contributed by atoms with Gasteiger partial charge in [-0.1, -0.05) is 12.1 Å². The second-order valence-corrected chi connectivity index (χ2v) is 5.96. The van der Waals surface area contributed by atoms with Crippen molar-refractivity contribution in [2.75, 3.05) is 4.72 Å². The topological polar surface area (TPSA) is 46.2 Å². The Balaban J connectivity index is 2.27. The highest BCUT2D eigenvalue weighted by Gasteiger charge is 2.16. The Morgan fingerprint density at radius 2 is 1.65 bits per heavy atom. The Morgan fingerprint density at radius 3 is 2.20 bits per heavy atom. The average molecular weight is 318 g/mol. The zero-order valence-corrected chi connectivity index (χ0v) is 11.7. The second-order valence-electron chi connectivity index (χ2n) is 4.01. The molecule has 106 valence electrons. The van der Waals surface area contributed by atoms with E-state index in [-0.39, 0.29) is 4.90 Å². The highest BCUT2D eigenvalue weighted by Crippen LogP contribution is 2.19. The molecule has 20 heavy (non-hydrogen) atoms. The summed E-state index contributed by atoms with van der Waals surface area (Å²) in [6, 6.07) is 8.79. The van der Waals surface area contributed by atoms with Gasteiger partial charge in [0.25, 0.3) is 10.0 Å². The summed E-state index contributed by atoms with van der Waals surface area (Å²) in [7, 11) is -3.96. The van der Waals surface area contributed by atoms with Gasteiger partial charge in [-0.2, -0.15) is 0 Å². The van der Waals surface area contributed by atoms with Gasteiger partial charge in [-0.25, -0.2) is 17.2 Å².